The van der Waals surface area contributed by atoms with E-state index in [0.717, 1.165) is 13.0 Å². The van der Waals surface area contributed by atoms with E-state index in [1.165, 1.54) is 0 Å². The summed E-state index contributed by atoms with van der Waals surface area (Å²) >= 11 is 0. The number of aliphatic hydroxyl groups is 4. The van der Waals surface area contributed by atoms with E-state index in [1.807, 2.05) is 4.90 Å². The van der Waals surface area contributed by atoms with Crippen LogP contribution < -0.4 is 0 Å². The van der Waals surface area contributed by atoms with Crippen molar-refractivity contribution in [2.24, 2.45) is 0 Å². The Hall–Kier alpha value is -0.200. The Morgan fingerprint density at radius 3 is 2.36 bits per heavy atom. The largest absolute Gasteiger partial charge is 0.391 e. The Morgan fingerprint density at radius 1 is 0.929 bits per heavy atom. The van der Waals surface area contributed by atoms with Crippen LogP contribution in [0, 0.1) is 0 Å². The normalized spacial score (nSPS) is 50.1. The molecule has 2 saturated heterocycles. The molecule has 5 atom stereocenters. The maximum Gasteiger partial charge on any atom is 0.109 e. The number of nitrogens with zero attached hydrogens (tertiary/aromatic N) is 1. The molecule has 14 heavy (non-hydrogen) atoms. The van der Waals surface area contributed by atoms with Crippen LogP contribution in [0.15, 0.2) is 0 Å². The zero-order valence-electron chi connectivity index (χ0n) is 7.95. The van der Waals surface area contributed by atoms with E-state index >= 15 is 0 Å². The van der Waals surface area contributed by atoms with Gasteiger partial charge in [-0.05, 0) is 19.4 Å². The van der Waals surface area contributed by atoms with E-state index in [-0.39, 0.29) is 0 Å². The summed E-state index contributed by atoms with van der Waals surface area (Å²) in [6.07, 6.45) is -2.17. The van der Waals surface area contributed by atoms with E-state index in [4.69, 9.17) is 0 Å². The number of aliphatic hydroxyl groups excluding tert-OH is 4. The molecule has 2 heterocycles. The third-order valence-electron chi connectivity index (χ3n) is 3.28. The van der Waals surface area contributed by atoms with Gasteiger partial charge in [-0.1, -0.05) is 0 Å². The van der Waals surface area contributed by atoms with Crippen LogP contribution in [0.2, 0.25) is 0 Å². The minimum absolute atomic E-state index is 0.333. The van der Waals surface area contributed by atoms with Crippen molar-refractivity contribution in [3.05, 3.63) is 0 Å². The van der Waals surface area contributed by atoms with Gasteiger partial charge in [-0.2, -0.15) is 0 Å². The second-order valence-electron chi connectivity index (χ2n) is 4.24. The molecular weight excluding hydrogens is 186 g/mol. The van der Waals surface area contributed by atoms with Crippen LogP contribution >= 0.6 is 0 Å². The maximum atomic E-state index is 9.70. The van der Waals surface area contributed by atoms with Gasteiger partial charge in [0.1, 0.15) is 12.2 Å². The first-order valence-corrected chi connectivity index (χ1v) is 5.07. The van der Waals surface area contributed by atoms with Crippen molar-refractivity contribution in [3.8, 4) is 0 Å². The molecule has 0 saturated carbocycles. The highest BCUT2D eigenvalue weighted by Gasteiger charge is 2.45. The molecule has 0 aromatic rings. The van der Waals surface area contributed by atoms with Gasteiger partial charge in [0.25, 0.3) is 0 Å². The van der Waals surface area contributed by atoms with E-state index in [0.29, 0.717) is 13.0 Å². The molecule has 2 fully saturated rings. The van der Waals surface area contributed by atoms with Crippen molar-refractivity contribution < 1.29 is 20.4 Å². The molecule has 0 spiro atoms. The van der Waals surface area contributed by atoms with Crippen LogP contribution in [0.3, 0.4) is 0 Å². The third-order valence-corrected chi connectivity index (χ3v) is 3.28. The fourth-order valence-electron chi connectivity index (χ4n) is 2.50. The van der Waals surface area contributed by atoms with Gasteiger partial charge in [-0.15, -0.1) is 0 Å². The van der Waals surface area contributed by atoms with Crippen molar-refractivity contribution >= 4 is 0 Å². The van der Waals surface area contributed by atoms with Crippen LogP contribution in [0.25, 0.3) is 0 Å². The van der Waals surface area contributed by atoms with Crippen molar-refractivity contribution in [2.45, 2.75) is 43.3 Å². The van der Waals surface area contributed by atoms with Gasteiger partial charge in [0.15, 0.2) is 0 Å². The lowest BCUT2D eigenvalue weighted by molar-refractivity contribution is -0.169. The predicted molar refractivity (Wildman–Crippen MR) is 48.6 cm³/mol. The van der Waals surface area contributed by atoms with Crippen LogP contribution in [-0.4, -0.2) is 68.9 Å². The smallest absolute Gasteiger partial charge is 0.109 e. The highest BCUT2D eigenvalue weighted by molar-refractivity contribution is 4.99. The van der Waals surface area contributed by atoms with E-state index in [1.54, 1.807) is 0 Å². The fourth-order valence-corrected chi connectivity index (χ4v) is 2.50. The molecule has 5 nitrogen and oxygen atoms in total. The van der Waals surface area contributed by atoms with Gasteiger partial charge in [-0.3, -0.25) is 4.90 Å². The first kappa shape index (κ1) is 10.3. The molecule has 0 aliphatic carbocycles. The van der Waals surface area contributed by atoms with E-state index in [2.05, 4.69) is 0 Å². The number of fused-ring (bicyclic) bond motifs is 1. The molecule has 2 aliphatic rings. The van der Waals surface area contributed by atoms with Crippen molar-refractivity contribution in [2.75, 3.05) is 13.1 Å². The maximum absolute atomic E-state index is 9.70. The zero-order chi connectivity index (χ0) is 10.3. The van der Waals surface area contributed by atoms with E-state index in [9.17, 15) is 20.4 Å². The molecule has 0 aromatic heterocycles. The zero-order valence-corrected chi connectivity index (χ0v) is 7.95. The summed E-state index contributed by atoms with van der Waals surface area (Å²) in [4.78, 5) is 1.86. The second kappa shape index (κ2) is 3.75. The Balaban J connectivity index is 2.14. The predicted octanol–water partition coefficient (Wildman–Crippen LogP) is -2.09. The minimum Gasteiger partial charge on any atom is -0.391 e. The van der Waals surface area contributed by atoms with Gasteiger partial charge in [0.2, 0.25) is 0 Å². The van der Waals surface area contributed by atoms with Gasteiger partial charge in [0.05, 0.1) is 18.2 Å². The number of piperidine rings is 2. The Morgan fingerprint density at radius 2 is 1.64 bits per heavy atom. The number of hydrogen-bond donors (Lipinski definition) is 4. The van der Waals surface area contributed by atoms with Crippen molar-refractivity contribution in [1.29, 1.82) is 0 Å². The standard InChI is InChI=1S/C9H17NO4/c11-5-2-1-3-10-4-6(12)8(13)9(14)7(5)10/h5-9,11-14H,1-4H2/t5-,6+,7?,8+,9?/m0/s1. The highest BCUT2D eigenvalue weighted by Crippen LogP contribution is 2.27. The lowest BCUT2D eigenvalue weighted by Crippen LogP contribution is -2.66. The van der Waals surface area contributed by atoms with Gasteiger partial charge >= 0.3 is 0 Å². The molecule has 2 unspecified atom stereocenters. The molecule has 5 heteroatoms. The summed E-state index contributed by atoms with van der Waals surface area (Å²) in [5.41, 5.74) is 0. The average Bonchev–Trinajstić information content (AvgIpc) is 2.14. The fraction of sp³-hybridized carbons (Fsp3) is 1.00. The third kappa shape index (κ3) is 1.55. The van der Waals surface area contributed by atoms with E-state index < -0.39 is 30.5 Å². The summed E-state index contributed by atoms with van der Waals surface area (Å²) in [7, 11) is 0. The topological polar surface area (TPSA) is 84.2 Å². The lowest BCUT2D eigenvalue weighted by Gasteiger charge is -2.48. The molecule has 2 aliphatic heterocycles. The number of hydrogen-bond acceptors (Lipinski definition) is 5. The van der Waals surface area contributed by atoms with Gasteiger partial charge in [-0.25, -0.2) is 0 Å². The van der Waals surface area contributed by atoms with Crippen LogP contribution in [0.4, 0.5) is 0 Å². The summed E-state index contributed by atoms with van der Waals surface area (Å²) in [5.74, 6) is 0. The lowest BCUT2D eigenvalue weighted by atomic mass is 9.86. The Labute approximate surface area is 82.6 Å². The van der Waals surface area contributed by atoms with Crippen LogP contribution in [0.1, 0.15) is 12.8 Å². The summed E-state index contributed by atoms with van der Waals surface area (Å²) in [6, 6.07) is -0.415. The quantitative estimate of drug-likeness (QED) is 0.363. The Kier molecular flexibility index (Phi) is 2.77. The monoisotopic (exact) mass is 203 g/mol. The summed E-state index contributed by atoms with van der Waals surface area (Å²) in [6.45, 7) is 1.10. The molecule has 82 valence electrons. The molecule has 0 bridgehead atoms. The molecule has 4 N–H and O–H groups in total. The SMILES string of the molecule is OC1C2[C@@H](O)CCCN2C[C@@H](O)[C@H]1O. The Bertz CT molecular complexity index is 211. The second-order valence-corrected chi connectivity index (χ2v) is 4.24. The highest BCUT2D eigenvalue weighted by atomic mass is 16.4. The molecule has 0 aromatic carbocycles. The first-order chi connectivity index (χ1) is 6.61. The molecule has 0 radical (unpaired) electrons. The molecule has 0 amide bonds. The number of rotatable bonds is 0. The van der Waals surface area contributed by atoms with Crippen molar-refractivity contribution in [1.82, 2.24) is 4.90 Å². The van der Waals surface area contributed by atoms with Gasteiger partial charge in [0, 0.05) is 6.54 Å². The van der Waals surface area contributed by atoms with Crippen molar-refractivity contribution in [3.63, 3.8) is 0 Å². The first-order valence-electron chi connectivity index (χ1n) is 5.07. The van der Waals surface area contributed by atoms with Crippen LogP contribution in [0.5, 0.6) is 0 Å². The van der Waals surface area contributed by atoms with Crippen LogP contribution in [-0.2, 0) is 0 Å². The summed E-state index contributed by atoms with van der Waals surface area (Å²) < 4.78 is 0. The molecule has 2 rings (SSSR count). The average molecular weight is 203 g/mol. The summed E-state index contributed by atoms with van der Waals surface area (Å²) in [5, 5.41) is 38.3. The van der Waals surface area contributed by atoms with Gasteiger partial charge < -0.3 is 20.4 Å². The minimum atomic E-state index is -1.14. The molecular formula is C9H17NO4.